The predicted molar refractivity (Wildman–Crippen MR) is 245 cm³/mol. The van der Waals surface area contributed by atoms with Gasteiger partial charge < -0.3 is 34.8 Å². The molecule has 330 valence electrons. The van der Waals surface area contributed by atoms with Crippen LogP contribution < -0.4 is 15.5 Å². The van der Waals surface area contributed by atoms with Crippen LogP contribution in [-0.2, 0) is 19.1 Å². The second-order valence-electron chi connectivity index (χ2n) is 17.7. The quantitative estimate of drug-likeness (QED) is 0.0781. The molecule has 3 N–H and O–H groups in total. The molecule has 0 saturated carbocycles. The summed E-state index contributed by atoms with van der Waals surface area (Å²) < 4.78 is 11.3. The van der Waals surface area contributed by atoms with Crippen LogP contribution in [0.2, 0.25) is 0 Å². The number of aromatic nitrogens is 2. The Morgan fingerprint density at radius 1 is 0.935 bits per heavy atom. The van der Waals surface area contributed by atoms with E-state index >= 15 is 0 Å². The standard InChI is InChI=1S/C49H62N6O6S/c1-30-13-21-39(22-14-30)54(41-25-38(16-15-31(41)2)44-33(4)53-61-35(44)6)23-11-10-12-24-60-28-43(57)52-46(49(7,8)9)48(59)55-27-40(56)26-42(55)47(58)51-32(3)36-17-19-37(20-18-36)45-34(5)50-29-62-45/h13-22,25,29,32,40,42,46,56H,10-12,23-24,26-28H2,1-9H3,(H,51,58)(H,52,57)/t32-,40+,42-,46+/m0/s1. The van der Waals surface area contributed by atoms with Crippen LogP contribution in [-0.4, -0.2) is 82.4 Å². The second kappa shape index (κ2) is 20.2. The molecule has 3 aromatic carbocycles. The van der Waals surface area contributed by atoms with Gasteiger partial charge in [-0.25, -0.2) is 4.98 Å². The summed E-state index contributed by atoms with van der Waals surface area (Å²) in [5.74, 6) is -0.385. The Hall–Kier alpha value is -5.37. The number of anilines is 2. The smallest absolute Gasteiger partial charge is 0.246 e. The zero-order chi connectivity index (χ0) is 44.7. The van der Waals surface area contributed by atoms with Crippen molar-refractivity contribution in [2.24, 2.45) is 5.41 Å². The van der Waals surface area contributed by atoms with Crippen molar-refractivity contribution in [1.82, 2.24) is 25.7 Å². The molecule has 0 bridgehead atoms. The fourth-order valence-corrected chi connectivity index (χ4v) is 8.91. The van der Waals surface area contributed by atoms with E-state index in [1.54, 1.807) is 11.3 Å². The number of likely N-dealkylation sites (tertiary alicyclic amines) is 1. The van der Waals surface area contributed by atoms with Gasteiger partial charge in [-0.15, -0.1) is 11.3 Å². The molecule has 6 rings (SSSR count). The Balaban J connectivity index is 1.00. The number of carbonyl (C=O) groups excluding carboxylic acids is 3. The van der Waals surface area contributed by atoms with Crippen molar-refractivity contribution in [3.8, 4) is 21.6 Å². The monoisotopic (exact) mass is 862 g/mol. The summed E-state index contributed by atoms with van der Waals surface area (Å²) in [6.07, 6.45) is 1.78. The molecule has 12 nitrogen and oxygen atoms in total. The minimum absolute atomic E-state index is 0.000699. The molecule has 1 aliphatic rings. The SMILES string of the molecule is Cc1ccc(N(CCCCCOCC(=O)N[C@H](C(=O)N2C[C@H](O)C[C@H]2C(=O)N[C@@H](C)c2ccc(-c3scnc3C)cc2)C(C)(C)C)c2cc(-c3c(C)noc3C)ccc2C)cc1. The van der Waals surface area contributed by atoms with Gasteiger partial charge in [-0.3, -0.25) is 14.4 Å². The maximum Gasteiger partial charge on any atom is 0.246 e. The molecular weight excluding hydrogens is 801 g/mol. The van der Waals surface area contributed by atoms with Crippen molar-refractivity contribution >= 4 is 40.4 Å². The molecule has 0 unspecified atom stereocenters. The number of rotatable bonds is 17. The lowest BCUT2D eigenvalue weighted by Crippen LogP contribution is -2.58. The Morgan fingerprint density at radius 2 is 1.65 bits per heavy atom. The zero-order valence-corrected chi connectivity index (χ0v) is 38.4. The zero-order valence-electron chi connectivity index (χ0n) is 37.6. The lowest BCUT2D eigenvalue weighted by molar-refractivity contribution is -0.144. The number of nitrogens with one attached hydrogen (secondary N) is 2. The number of thiazole rings is 1. The maximum atomic E-state index is 14.1. The highest BCUT2D eigenvalue weighted by Crippen LogP contribution is 2.36. The molecule has 1 fully saturated rings. The van der Waals surface area contributed by atoms with Gasteiger partial charge in [0.05, 0.1) is 33.9 Å². The molecule has 3 heterocycles. The number of unbranched alkanes of at least 4 members (excludes halogenated alkanes) is 2. The van der Waals surface area contributed by atoms with Crippen molar-refractivity contribution < 1.29 is 28.8 Å². The van der Waals surface area contributed by atoms with E-state index in [0.717, 1.165) is 87.0 Å². The van der Waals surface area contributed by atoms with Crippen molar-refractivity contribution in [3.05, 3.63) is 106 Å². The number of β-amino-alcohol motifs (C(OH)–C–C–N with tert-alkyl or cyclic N) is 1. The van der Waals surface area contributed by atoms with Gasteiger partial charge in [0.1, 0.15) is 24.5 Å². The van der Waals surface area contributed by atoms with E-state index in [2.05, 4.69) is 82.0 Å². The van der Waals surface area contributed by atoms with Crippen molar-refractivity contribution in [1.29, 1.82) is 0 Å². The summed E-state index contributed by atoms with van der Waals surface area (Å²) in [4.78, 5) is 50.3. The van der Waals surface area contributed by atoms with Gasteiger partial charge in [0.15, 0.2) is 0 Å². The van der Waals surface area contributed by atoms with Crippen molar-refractivity contribution in [3.63, 3.8) is 0 Å². The van der Waals surface area contributed by atoms with Crippen LogP contribution in [0, 0.1) is 40.0 Å². The van der Waals surface area contributed by atoms with Gasteiger partial charge >= 0.3 is 0 Å². The number of amides is 3. The summed E-state index contributed by atoms with van der Waals surface area (Å²) in [6, 6.07) is 20.9. The molecule has 0 spiro atoms. The second-order valence-corrected chi connectivity index (χ2v) is 18.5. The summed E-state index contributed by atoms with van der Waals surface area (Å²) >= 11 is 1.58. The van der Waals surface area contributed by atoms with Crippen molar-refractivity contribution in [2.75, 3.05) is 31.2 Å². The van der Waals surface area contributed by atoms with Crippen LogP contribution in [0.4, 0.5) is 11.4 Å². The predicted octanol–water partition coefficient (Wildman–Crippen LogP) is 8.70. The van der Waals surface area contributed by atoms with E-state index in [-0.39, 0.29) is 31.5 Å². The van der Waals surface area contributed by atoms with Crippen molar-refractivity contribution in [2.45, 2.75) is 112 Å². The Bertz CT molecular complexity index is 2290. The Morgan fingerprint density at radius 3 is 2.29 bits per heavy atom. The normalized spacial score (nSPS) is 16.3. The third-order valence-electron chi connectivity index (χ3n) is 11.6. The number of hydrogen-bond acceptors (Lipinski definition) is 10. The average molecular weight is 863 g/mol. The van der Waals surface area contributed by atoms with E-state index in [1.165, 1.54) is 10.5 Å². The van der Waals surface area contributed by atoms with Crippen LogP contribution in [0.3, 0.4) is 0 Å². The number of ether oxygens (including phenoxy) is 1. The van der Waals surface area contributed by atoms with Gasteiger partial charge in [-0.05, 0) is 107 Å². The summed E-state index contributed by atoms with van der Waals surface area (Å²) in [5.41, 5.74) is 11.6. The van der Waals surface area contributed by atoms with Crippen LogP contribution in [0.5, 0.6) is 0 Å². The van der Waals surface area contributed by atoms with Crippen LogP contribution in [0.1, 0.15) is 93.3 Å². The summed E-state index contributed by atoms with van der Waals surface area (Å²) in [7, 11) is 0. The Kier molecular flexibility index (Phi) is 15.0. The first-order valence-electron chi connectivity index (χ1n) is 21.6. The molecule has 2 aromatic heterocycles. The number of nitrogens with zero attached hydrogens (tertiary/aromatic N) is 4. The number of benzene rings is 3. The fraction of sp³-hybridized carbons (Fsp3) is 0.449. The van der Waals surface area contributed by atoms with E-state index in [9.17, 15) is 19.5 Å². The first-order valence-corrected chi connectivity index (χ1v) is 22.4. The maximum absolute atomic E-state index is 14.1. The molecule has 0 aliphatic carbocycles. The number of aliphatic hydroxyl groups is 1. The minimum Gasteiger partial charge on any atom is -0.391 e. The molecule has 62 heavy (non-hydrogen) atoms. The highest BCUT2D eigenvalue weighted by atomic mass is 32.1. The van der Waals surface area contributed by atoms with Gasteiger partial charge in [-0.1, -0.05) is 80.0 Å². The minimum atomic E-state index is -0.938. The van der Waals surface area contributed by atoms with Crippen LogP contribution in [0.15, 0.2) is 76.8 Å². The molecule has 0 radical (unpaired) electrons. The number of hydrogen-bond donors (Lipinski definition) is 3. The lowest BCUT2D eigenvalue weighted by Gasteiger charge is -2.35. The fourth-order valence-electron chi connectivity index (χ4n) is 8.10. The van der Waals surface area contributed by atoms with E-state index in [0.29, 0.717) is 6.61 Å². The summed E-state index contributed by atoms with van der Waals surface area (Å²) in [5, 5.41) is 20.8. The molecule has 1 aliphatic heterocycles. The first-order chi connectivity index (χ1) is 29.5. The van der Waals surface area contributed by atoms with Gasteiger partial charge in [0, 0.05) is 43.1 Å². The largest absolute Gasteiger partial charge is 0.391 e. The highest BCUT2D eigenvalue weighted by Gasteiger charge is 2.44. The summed E-state index contributed by atoms with van der Waals surface area (Å²) in [6.45, 7) is 18.6. The lowest BCUT2D eigenvalue weighted by atomic mass is 9.85. The molecule has 5 aromatic rings. The molecular formula is C49H62N6O6S. The highest BCUT2D eigenvalue weighted by molar-refractivity contribution is 7.13. The number of aryl methyl sites for hydroxylation is 5. The van der Waals surface area contributed by atoms with E-state index in [4.69, 9.17) is 9.26 Å². The molecule has 4 atom stereocenters. The third-order valence-corrected chi connectivity index (χ3v) is 12.6. The topological polar surface area (TPSA) is 150 Å². The van der Waals surface area contributed by atoms with Gasteiger partial charge in [0.2, 0.25) is 17.7 Å². The molecule has 13 heteroatoms. The van der Waals surface area contributed by atoms with Crippen LogP contribution in [0.25, 0.3) is 21.6 Å². The van der Waals surface area contributed by atoms with Crippen LogP contribution >= 0.6 is 11.3 Å². The molecule has 1 saturated heterocycles. The Labute approximate surface area is 370 Å². The van der Waals surface area contributed by atoms with E-state index < -0.39 is 35.4 Å². The average Bonchev–Trinajstić information content (AvgIpc) is 3.95. The van der Waals surface area contributed by atoms with Gasteiger partial charge in [-0.2, -0.15) is 0 Å². The number of aliphatic hydroxyl groups excluding tert-OH is 1. The van der Waals surface area contributed by atoms with Gasteiger partial charge in [0.25, 0.3) is 0 Å². The first kappa shape index (κ1) is 46.1. The van der Waals surface area contributed by atoms with E-state index in [1.807, 2.05) is 78.2 Å². The third kappa shape index (κ3) is 11.2. The molecule has 3 amide bonds. The number of carbonyl (C=O) groups is 3.